The molecule has 1 atom stereocenters. The highest BCUT2D eigenvalue weighted by molar-refractivity contribution is 5.58. The van der Waals surface area contributed by atoms with Gasteiger partial charge in [-0.25, -0.2) is 0 Å². The molecule has 0 radical (unpaired) electrons. The van der Waals surface area contributed by atoms with E-state index >= 15 is 0 Å². The Bertz CT molecular complexity index is 423. The fourth-order valence-electron chi connectivity index (χ4n) is 3.30. The van der Waals surface area contributed by atoms with Crippen LogP contribution in [0.3, 0.4) is 0 Å². The van der Waals surface area contributed by atoms with Gasteiger partial charge in [-0.3, -0.25) is 4.90 Å². The Kier molecular flexibility index (Phi) is 4.43. The molecule has 1 aromatic carbocycles. The van der Waals surface area contributed by atoms with Gasteiger partial charge in [0, 0.05) is 32.7 Å². The molecule has 4 nitrogen and oxygen atoms in total. The lowest BCUT2D eigenvalue weighted by atomic mass is 10.1. The van der Waals surface area contributed by atoms with E-state index in [4.69, 9.17) is 4.74 Å². The second-order valence-corrected chi connectivity index (χ2v) is 5.82. The summed E-state index contributed by atoms with van der Waals surface area (Å²) < 4.78 is 5.47. The van der Waals surface area contributed by atoms with Crippen LogP contribution in [0, 0.1) is 5.92 Å². The smallest absolute Gasteiger partial charge is 0.142 e. The van der Waals surface area contributed by atoms with Crippen molar-refractivity contribution in [2.75, 3.05) is 57.8 Å². The Balaban J connectivity index is 1.55. The minimum Gasteiger partial charge on any atom is -0.495 e. The lowest BCUT2D eigenvalue weighted by Crippen LogP contribution is -2.48. The zero-order valence-corrected chi connectivity index (χ0v) is 12.3. The lowest BCUT2D eigenvalue weighted by molar-refractivity contribution is 0.224. The summed E-state index contributed by atoms with van der Waals surface area (Å²) in [5.74, 6) is 1.84. The highest BCUT2D eigenvalue weighted by Crippen LogP contribution is 2.28. The van der Waals surface area contributed by atoms with Gasteiger partial charge in [0.15, 0.2) is 0 Å². The summed E-state index contributed by atoms with van der Waals surface area (Å²) in [5, 5.41) is 3.46. The second kappa shape index (κ2) is 6.46. The zero-order chi connectivity index (χ0) is 13.8. The van der Waals surface area contributed by atoms with E-state index < -0.39 is 0 Å². The number of ether oxygens (including phenoxy) is 1. The molecule has 110 valence electrons. The molecule has 0 amide bonds. The maximum absolute atomic E-state index is 5.47. The summed E-state index contributed by atoms with van der Waals surface area (Å²) in [4.78, 5) is 5.06. The van der Waals surface area contributed by atoms with Crippen molar-refractivity contribution in [3.8, 4) is 5.75 Å². The number of nitrogens with zero attached hydrogens (tertiary/aromatic N) is 2. The van der Waals surface area contributed by atoms with Gasteiger partial charge >= 0.3 is 0 Å². The number of methoxy groups -OCH3 is 1. The Labute approximate surface area is 121 Å². The summed E-state index contributed by atoms with van der Waals surface area (Å²) in [5.41, 5.74) is 1.23. The average Bonchev–Trinajstić information content (AvgIpc) is 3.01. The first kappa shape index (κ1) is 13.7. The van der Waals surface area contributed by atoms with Crippen LogP contribution >= 0.6 is 0 Å². The summed E-state index contributed by atoms with van der Waals surface area (Å²) in [6, 6.07) is 8.33. The number of rotatable bonds is 4. The first-order chi connectivity index (χ1) is 9.86. The van der Waals surface area contributed by atoms with Crippen molar-refractivity contribution >= 4 is 5.69 Å². The molecule has 0 bridgehead atoms. The van der Waals surface area contributed by atoms with E-state index in [0.717, 1.165) is 37.8 Å². The van der Waals surface area contributed by atoms with Gasteiger partial charge in [-0.05, 0) is 37.6 Å². The van der Waals surface area contributed by atoms with Crippen molar-refractivity contribution in [2.24, 2.45) is 5.92 Å². The molecule has 2 fully saturated rings. The van der Waals surface area contributed by atoms with Crippen molar-refractivity contribution in [1.82, 2.24) is 10.2 Å². The monoisotopic (exact) mass is 275 g/mol. The predicted molar refractivity (Wildman–Crippen MR) is 82.6 cm³/mol. The molecule has 1 aromatic rings. The van der Waals surface area contributed by atoms with Crippen LogP contribution in [-0.4, -0.2) is 57.8 Å². The largest absolute Gasteiger partial charge is 0.495 e. The van der Waals surface area contributed by atoms with E-state index in [2.05, 4.69) is 27.2 Å². The minimum absolute atomic E-state index is 0.854. The normalized spacial score (nSPS) is 24.1. The summed E-state index contributed by atoms with van der Waals surface area (Å²) in [7, 11) is 1.75. The van der Waals surface area contributed by atoms with Gasteiger partial charge in [0.2, 0.25) is 0 Å². The number of piperazine rings is 1. The van der Waals surface area contributed by atoms with Crippen LogP contribution in [0.5, 0.6) is 5.75 Å². The van der Waals surface area contributed by atoms with Crippen LogP contribution in [0.1, 0.15) is 6.42 Å². The van der Waals surface area contributed by atoms with Crippen LogP contribution in [0.2, 0.25) is 0 Å². The Hall–Kier alpha value is -1.26. The van der Waals surface area contributed by atoms with Crippen LogP contribution in [0.15, 0.2) is 24.3 Å². The van der Waals surface area contributed by atoms with Gasteiger partial charge in [0.1, 0.15) is 5.75 Å². The van der Waals surface area contributed by atoms with Crippen LogP contribution in [0.4, 0.5) is 5.69 Å². The van der Waals surface area contributed by atoms with Crippen LogP contribution in [0.25, 0.3) is 0 Å². The number of hydrogen-bond donors (Lipinski definition) is 1. The Morgan fingerprint density at radius 3 is 2.70 bits per heavy atom. The molecule has 0 aliphatic carbocycles. The van der Waals surface area contributed by atoms with Gasteiger partial charge in [-0.1, -0.05) is 12.1 Å². The molecular weight excluding hydrogens is 250 g/mol. The molecule has 2 saturated heterocycles. The van der Waals surface area contributed by atoms with Crippen molar-refractivity contribution in [1.29, 1.82) is 0 Å². The molecule has 3 rings (SSSR count). The summed E-state index contributed by atoms with van der Waals surface area (Å²) in [6.45, 7) is 8.18. The molecule has 2 aliphatic heterocycles. The average molecular weight is 275 g/mol. The first-order valence-corrected chi connectivity index (χ1v) is 7.68. The molecule has 0 saturated carbocycles. The molecular formula is C16H25N3O. The summed E-state index contributed by atoms with van der Waals surface area (Å²) in [6.07, 6.45) is 1.34. The summed E-state index contributed by atoms with van der Waals surface area (Å²) >= 11 is 0. The van der Waals surface area contributed by atoms with E-state index in [0.29, 0.717) is 0 Å². The molecule has 0 spiro atoms. The Morgan fingerprint density at radius 1 is 1.20 bits per heavy atom. The molecule has 4 heteroatoms. The molecule has 20 heavy (non-hydrogen) atoms. The second-order valence-electron chi connectivity index (χ2n) is 5.82. The van der Waals surface area contributed by atoms with Gasteiger partial charge in [-0.15, -0.1) is 0 Å². The minimum atomic E-state index is 0.854. The van der Waals surface area contributed by atoms with Crippen molar-refractivity contribution < 1.29 is 4.74 Å². The van der Waals surface area contributed by atoms with Gasteiger partial charge < -0.3 is 15.0 Å². The third kappa shape index (κ3) is 3.07. The van der Waals surface area contributed by atoms with Crippen LogP contribution < -0.4 is 15.0 Å². The van der Waals surface area contributed by atoms with Crippen molar-refractivity contribution in [3.05, 3.63) is 24.3 Å². The topological polar surface area (TPSA) is 27.7 Å². The van der Waals surface area contributed by atoms with E-state index in [1.807, 2.05) is 12.1 Å². The van der Waals surface area contributed by atoms with E-state index in [1.54, 1.807) is 7.11 Å². The Morgan fingerprint density at radius 2 is 2.00 bits per heavy atom. The molecule has 1 unspecified atom stereocenters. The number of hydrogen-bond acceptors (Lipinski definition) is 4. The predicted octanol–water partition coefficient (Wildman–Crippen LogP) is 1.43. The molecule has 0 aromatic heterocycles. The maximum Gasteiger partial charge on any atom is 0.142 e. The molecule has 2 aliphatic rings. The lowest BCUT2D eigenvalue weighted by Gasteiger charge is -2.37. The first-order valence-electron chi connectivity index (χ1n) is 7.68. The zero-order valence-electron chi connectivity index (χ0n) is 12.3. The fraction of sp³-hybridized carbons (Fsp3) is 0.625. The van der Waals surface area contributed by atoms with E-state index in [1.165, 1.54) is 31.7 Å². The highest BCUT2D eigenvalue weighted by Gasteiger charge is 2.23. The van der Waals surface area contributed by atoms with Gasteiger partial charge in [0.05, 0.1) is 12.8 Å². The number of nitrogens with one attached hydrogen (secondary N) is 1. The maximum atomic E-state index is 5.47. The molecule has 1 N–H and O–H groups in total. The third-order valence-electron chi connectivity index (χ3n) is 4.48. The number of benzene rings is 1. The van der Waals surface area contributed by atoms with Crippen molar-refractivity contribution in [2.45, 2.75) is 6.42 Å². The van der Waals surface area contributed by atoms with Gasteiger partial charge in [0.25, 0.3) is 0 Å². The third-order valence-corrected chi connectivity index (χ3v) is 4.48. The van der Waals surface area contributed by atoms with Crippen molar-refractivity contribution in [3.63, 3.8) is 0 Å². The number of para-hydroxylation sites is 2. The van der Waals surface area contributed by atoms with E-state index in [-0.39, 0.29) is 0 Å². The highest BCUT2D eigenvalue weighted by atomic mass is 16.5. The quantitative estimate of drug-likeness (QED) is 0.899. The van der Waals surface area contributed by atoms with E-state index in [9.17, 15) is 0 Å². The standard InChI is InChI=1S/C16H25N3O/c1-20-16-5-3-2-4-15(16)19-10-8-18(9-11-19)13-14-6-7-17-12-14/h2-5,14,17H,6-13H2,1H3. The van der Waals surface area contributed by atoms with Gasteiger partial charge in [-0.2, -0.15) is 0 Å². The fourth-order valence-corrected chi connectivity index (χ4v) is 3.30. The van der Waals surface area contributed by atoms with Crippen LogP contribution in [-0.2, 0) is 0 Å². The SMILES string of the molecule is COc1ccccc1N1CCN(CC2CCNC2)CC1. The molecule has 2 heterocycles. The number of anilines is 1.